The molecule has 0 spiro atoms. The number of thioether (sulfide) groups is 1. The Kier molecular flexibility index (Phi) is 3.98. The average molecular weight is 312 g/mol. The maximum Gasteiger partial charge on any atom is 0.353 e. The van der Waals surface area contributed by atoms with Gasteiger partial charge in [-0.25, -0.2) is 4.79 Å². The van der Waals surface area contributed by atoms with Crippen molar-refractivity contribution in [3.63, 3.8) is 0 Å². The molecule has 3 N–H and O–H groups in total. The van der Waals surface area contributed by atoms with E-state index in [-0.39, 0.29) is 17.6 Å². The lowest BCUT2D eigenvalue weighted by Crippen LogP contribution is -2.62. The highest BCUT2D eigenvalue weighted by Gasteiger charge is 2.57. The van der Waals surface area contributed by atoms with Gasteiger partial charge in [-0.15, -0.1) is 11.8 Å². The van der Waals surface area contributed by atoms with E-state index in [0.717, 1.165) is 24.4 Å². The molecule has 6 nitrogen and oxygen atoms in total. The van der Waals surface area contributed by atoms with Crippen LogP contribution in [0.4, 0.5) is 0 Å². The molecule has 3 aliphatic rings. The third kappa shape index (κ3) is 2.37. The number of nitrogens with one attached hydrogen (secondary N) is 1. The topological polar surface area (TPSA) is 89.9 Å². The molecule has 2 saturated heterocycles. The first-order valence-electron chi connectivity index (χ1n) is 7.39. The second-order valence-electron chi connectivity index (χ2n) is 5.79. The molecule has 0 bridgehead atoms. The van der Waals surface area contributed by atoms with Crippen LogP contribution in [-0.2, 0) is 9.59 Å². The standard InChI is InChI=1S/C14H20N2O4S/c1-2-9(17)11-8-5-10(21-7-3-4-15-6-7)12(14(19)20)16(8)13(11)18/h7-9,11,15,17H,2-6H2,1H3,(H,19,20)/t7-,8+,9-,11+/m0/s1. The van der Waals surface area contributed by atoms with Crippen LogP contribution >= 0.6 is 11.8 Å². The molecule has 0 aromatic heterocycles. The largest absolute Gasteiger partial charge is 0.477 e. The first-order chi connectivity index (χ1) is 10.0. The van der Waals surface area contributed by atoms with Crippen LogP contribution in [0, 0.1) is 5.92 Å². The van der Waals surface area contributed by atoms with Crippen molar-refractivity contribution in [2.75, 3.05) is 13.1 Å². The quantitative estimate of drug-likeness (QED) is 0.636. The minimum absolute atomic E-state index is 0.140. The van der Waals surface area contributed by atoms with E-state index in [9.17, 15) is 19.8 Å². The fourth-order valence-electron chi connectivity index (χ4n) is 3.41. The zero-order valence-corrected chi connectivity index (χ0v) is 12.7. The molecule has 3 heterocycles. The predicted molar refractivity (Wildman–Crippen MR) is 78.6 cm³/mol. The highest BCUT2D eigenvalue weighted by atomic mass is 32.2. The zero-order chi connectivity index (χ0) is 15.1. The summed E-state index contributed by atoms with van der Waals surface area (Å²) in [5.41, 5.74) is 0.140. The first kappa shape index (κ1) is 14.9. The summed E-state index contributed by atoms with van der Waals surface area (Å²) in [4.78, 5) is 25.9. The van der Waals surface area contributed by atoms with Crippen LogP contribution in [0.3, 0.4) is 0 Å². The molecule has 2 fully saturated rings. The van der Waals surface area contributed by atoms with Gasteiger partial charge < -0.3 is 20.4 Å². The number of carboxylic acid groups (broad SMARTS) is 1. The minimum atomic E-state index is -1.04. The van der Waals surface area contributed by atoms with Gasteiger partial charge in [0.25, 0.3) is 0 Å². The third-order valence-corrected chi connectivity index (χ3v) is 5.91. The van der Waals surface area contributed by atoms with Crippen LogP contribution in [0.25, 0.3) is 0 Å². The number of rotatable bonds is 5. The van der Waals surface area contributed by atoms with Gasteiger partial charge in [-0.2, -0.15) is 0 Å². The molecular formula is C14H20N2O4S. The van der Waals surface area contributed by atoms with Gasteiger partial charge in [0.1, 0.15) is 5.70 Å². The molecule has 1 amide bonds. The Morgan fingerprint density at radius 1 is 1.57 bits per heavy atom. The van der Waals surface area contributed by atoms with E-state index >= 15 is 0 Å². The highest BCUT2D eigenvalue weighted by molar-refractivity contribution is 8.03. The fourth-order valence-corrected chi connectivity index (χ4v) is 4.82. The second kappa shape index (κ2) is 5.62. The molecule has 0 radical (unpaired) electrons. The van der Waals surface area contributed by atoms with Crippen LogP contribution in [0.15, 0.2) is 10.6 Å². The molecule has 0 aromatic rings. The van der Waals surface area contributed by atoms with Gasteiger partial charge in [-0.3, -0.25) is 4.79 Å². The first-order valence-corrected chi connectivity index (χ1v) is 8.27. The molecule has 0 unspecified atom stereocenters. The number of carbonyl (C=O) groups excluding carboxylic acids is 1. The molecular weight excluding hydrogens is 292 g/mol. The predicted octanol–water partition coefficient (Wildman–Crippen LogP) is 0.379. The Labute approximate surface area is 127 Å². The van der Waals surface area contributed by atoms with Crippen molar-refractivity contribution in [3.05, 3.63) is 10.6 Å². The van der Waals surface area contributed by atoms with Gasteiger partial charge in [-0.05, 0) is 19.4 Å². The van der Waals surface area contributed by atoms with E-state index in [4.69, 9.17) is 0 Å². The monoisotopic (exact) mass is 312 g/mol. The van der Waals surface area contributed by atoms with Crippen LogP contribution < -0.4 is 5.32 Å². The summed E-state index contributed by atoms with van der Waals surface area (Å²) in [7, 11) is 0. The smallest absolute Gasteiger partial charge is 0.353 e. The van der Waals surface area contributed by atoms with Crippen molar-refractivity contribution < 1.29 is 19.8 Å². The van der Waals surface area contributed by atoms with Gasteiger partial charge in [0.05, 0.1) is 18.1 Å². The number of nitrogens with zero attached hydrogens (tertiary/aromatic N) is 1. The van der Waals surface area contributed by atoms with Crippen LogP contribution in [0.1, 0.15) is 26.2 Å². The highest BCUT2D eigenvalue weighted by Crippen LogP contribution is 2.48. The normalized spacial score (nSPS) is 33.1. The number of fused-ring (bicyclic) bond motifs is 1. The molecule has 7 heteroatoms. The van der Waals surface area contributed by atoms with E-state index in [2.05, 4.69) is 5.32 Å². The third-order valence-electron chi connectivity index (χ3n) is 4.53. The molecule has 3 aliphatic heterocycles. The number of β-lactam (4-membered cyclic amide) rings is 1. The van der Waals surface area contributed by atoms with E-state index < -0.39 is 18.0 Å². The molecule has 116 valence electrons. The maximum atomic E-state index is 12.2. The lowest BCUT2D eigenvalue weighted by molar-refractivity contribution is -0.162. The number of carboxylic acids is 1. The van der Waals surface area contributed by atoms with Gasteiger partial charge in [0, 0.05) is 23.1 Å². The molecule has 21 heavy (non-hydrogen) atoms. The van der Waals surface area contributed by atoms with Crippen molar-refractivity contribution in [3.8, 4) is 0 Å². The summed E-state index contributed by atoms with van der Waals surface area (Å²) >= 11 is 1.58. The molecule has 0 saturated carbocycles. The van der Waals surface area contributed by atoms with Crippen molar-refractivity contribution >= 4 is 23.6 Å². The van der Waals surface area contributed by atoms with Crippen LogP contribution in [-0.4, -0.2) is 57.5 Å². The van der Waals surface area contributed by atoms with Gasteiger partial charge >= 0.3 is 5.97 Å². The SMILES string of the molecule is CC[C@H](O)[C@@H]1C(=O)N2C(C(=O)O)=C(S[C@H]3CCNC3)C[C@H]12. The molecule has 4 atom stereocenters. The number of aliphatic hydroxyl groups excluding tert-OH is 1. The Morgan fingerprint density at radius 2 is 2.33 bits per heavy atom. The van der Waals surface area contributed by atoms with Crippen molar-refractivity contribution in [2.45, 2.75) is 43.6 Å². The van der Waals surface area contributed by atoms with Crippen molar-refractivity contribution in [2.24, 2.45) is 5.92 Å². The number of hydrogen-bond donors (Lipinski definition) is 3. The summed E-state index contributed by atoms with van der Waals surface area (Å²) in [6.45, 7) is 3.66. The molecule has 0 aromatic carbocycles. The lowest BCUT2D eigenvalue weighted by atomic mass is 9.82. The Bertz CT molecular complexity index is 501. The van der Waals surface area contributed by atoms with E-state index in [1.165, 1.54) is 4.90 Å². The summed E-state index contributed by atoms with van der Waals surface area (Å²) in [6.07, 6.45) is 1.42. The lowest BCUT2D eigenvalue weighted by Gasteiger charge is -2.45. The minimum Gasteiger partial charge on any atom is -0.477 e. The van der Waals surface area contributed by atoms with Crippen LogP contribution in [0.2, 0.25) is 0 Å². The molecule has 3 rings (SSSR count). The van der Waals surface area contributed by atoms with Gasteiger partial charge in [-0.1, -0.05) is 6.92 Å². The Morgan fingerprint density at radius 3 is 2.90 bits per heavy atom. The van der Waals surface area contributed by atoms with Crippen LogP contribution in [0.5, 0.6) is 0 Å². The summed E-state index contributed by atoms with van der Waals surface area (Å²) in [6, 6.07) is -0.171. The van der Waals surface area contributed by atoms with E-state index in [1.54, 1.807) is 11.8 Å². The van der Waals surface area contributed by atoms with Gasteiger partial charge in [0.15, 0.2) is 0 Å². The molecule has 0 aliphatic carbocycles. The van der Waals surface area contributed by atoms with E-state index in [0.29, 0.717) is 18.1 Å². The number of aliphatic carboxylic acids is 1. The Hall–Kier alpha value is -1.05. The Balaban J connectivity index is 1.80. The number of aliphatic hydroxyl groups is 1. The summed E-state index contributed by atoms with van der Waals surface area (Å²) in [5, 5.41) is 23.0. The van der Waals surface area contributed by atoms with Crippen molar-refractivity contribution in [1.29, 1.82) is 0 Å². The fraction of sp³-hybridized carbons (Fsp3) is 0.714. The number of amides is 1. The average Bonchev–Trinajstić information content (AvgIpc) is 3.05. The van der Waals surface area contributed by atoms with Crippen molar-refractivity contribution in [1.82, 2.24) is 10.2 Å². The maximum absolute atomic E-state index is 12.2. The van der Waals surface area contributed by atoms with E-state index in [1.807, 2.05) is 6.92 Å². The zero-order valence-electron chi connectivity index (χ0n) is 11.9. The summed E-state index contributed by atoms with van der Waals surface area (Å²) < 4.78 is 0. The number of hydrogen-bond acceptors (Lipinski definition) is 5. The summed E-state index contributed by atoms with van der Waals surface area (Å²) in [5.74, 6) is -1.72. The number of carbonyl (C=O) groups is 2. The second-order valence-corrected chi connectivity index (χ2v) is 7.19. The van der Waals surface area contributed by atoms with Gasteiger partial charge in [0.2, 0.25) is 5.91 Å².